The highest BCUT2D eigenvalue weighted by Gasteiger charge is 2.08. The van der Waals surface area contributed by atoms with E-state index in [9.17, 15) is 0 Å². The van der Waals surface area contributed by atoms with Gasteiger partial charge in [0.1, 0.15) is 17.9 Å². The minimum atomic E-state index is 0. The second-order valence-electron chi connectivity index (χ2n) is 6.51. The summed E-state index contributed by atoms with van der Waals surface area (Å²) in [5.74, 6) is 4.23. The number of rotatable bonds is 11. The molecule has 0 spiro atoms. The largest absolute Gasteiger partial charge is 0.496 e. The van der Waals surface area contributed by atoms with Crippen LogP contribution in [-0.2, 0) is 13.0 Å². The van der Waals surface area contributed by atoms with E-state index in [-0.39, 0.29) is 24.0 Å². The highest BCUT2D eigenvalue weighted by atomic mass is 127. The normalized spacial score (nSPS) is 12.2. The van der Waals surface area contributed by atoms with Crippen LogP contribution in [0, 0.1) is 5.92 Å². The zero-order valence-corrected chi connectivity index (χ0v) is 20.9. The van der Waals surface area contributed by atoms with Crippen molar-refractivity contribution in [3.05, 3.63) is 36.4 Å². The molecule has 29 heavy (non-hydrogen) atoms. The van der Waals surface area contributed by atoms with Crippen molar-refractivity contribution in [1.82, 2.24) is 25.4 Å². The number of aromatic nitrogens is 3. The summed E-state index contributed by atoms with van der Waals surface area (Å²) in [4.78, 5) is 5.91. The van der Waals surface area contributed by atoms with Gasteiger partial charge in [0.05, 0.1) is 7.11 Å². The molecule has 0 aliphatic heterocycles. The van der Waals surface area contributed by atoms with Crippen LogP contribution < -0.4 is 15.4 Å². The third kappa shape index (κ3) is 8.81. The number of aryl methyl sites for hydroxylation is 1. The lowest BCUT2D eigenvalue weighted by molar-refractivity contribution is 0.405. The molecule has 0 radical (unpaired) electrons. The predicted molar refractivity (Wildman–Crippen MR) is 132 cm³/mol. The molecule has 2 rings (SSSR count). The van der Waals surface area contributed by atoms with Crippen molar-refractivity contribution in [2.75, 3.05) is 32.5 Å². The van der Waals surface area contributed by atoms with Crippen molar-refractivity contribution >= 4 is 41.7 Å². The number of hydrogen-bond donors (Lipinski definition) is 2. The van der Waals surface area contributed by atoms with Crippen molar-refractivity contribution in [3.8, 4) is 5.75 Å². The van der Waals surface area contributed by atoms with Crippen LogP contribution in [0.25, 0.3) is 0 Å². The Kier molecular flexibility index (Phi) is 12.8. The van der Waals surface area contributed by atoms with Crippen molar-refractivity contribution in [3.63, 3.8) is 0 Å². The second kappa shape index (κ2) is 14.5. The highest BCUT2D eigenvalue weighted by molar-refractivity contribution is 14.0. The molecule has 1 atom stereocenters. The standard InChI is InChI=1S/C20H32N6OS.HI/c1-5-19-25-24-15-26(19)12-11-22-20(21-6-2)23-13-16(3)14-28-18-10-8-7-9-17(18)27-4;/h7-10,15-16H,5-6,11-14H2,1-4H3,(H2,21,22,23);1H. The second-order valence-corrected chi connectivity index (χ2v) is 7.57. The van der Waals surface area contributed by atoms with E-state index < -0.39 is 0 Å². The molecule has 0 aliphatic rings. The number of guanidine groups is 1. The van der Waals surface area contributed by atoms with E-state index in [0.29, 0.717) is 5.92 Å². The molecule has 0 saturated heterocycles. The number of thioether (sulfide) groups is 1. The molecule has 0 fully saturated rings. The third-order valence-corrected chi connectivity index (χ3v) is 5.54. The van der Waals surface area contributed by atoms with Gasteiger partial charge in [0.15, 0.2) is 5.96 Å². The number of para-hydroxylation sites is 1. The minimum absolute atomic E-state index is 0. The average Bonchev–Trinajstić information content (AvgIpc) is 3.18. The van der Waals surface area contributed by atoms with Crippen molar-refractivity contribution < 1.29 is 4.74 Å². The number of ether oxygens (including phenoxy) is 1. The molecule has 1 aromatic carbocycles. The Balaban J connectivity index is 0.00000420. The van der Waals surface area contributed by atoms with Gasteiger partial charge in [-0.15, -0.1) is 45.9 Å². The first-order valence-electron chi connectivity index (χ1n) is 9.82. The summed E-state index contributed by atoms with van der Waals surface area (Å²) in [6.45, 7) is 9.59. The first kappa shape index (κ1) is 25.5. The third-order valence-electron chi connectivity index (χ3n) is 4.15. The van der Waals surface area contributed by atoms with Crippen LogP contribution in [0.1, 0.15) is 26.6 Å². The maximum atomic E-state index is 5.42. The van der Waals surface area contributed by atoms with E-state index in [4.69, 9.17) is 9.73 Å². The van der Waals surface area contributed by atoms with Gasteiger partial charge in [0.2, 0.25) is 0 Å². The molecular formula is C20H33IN6OS. The number of nitrogens with one attached hydrogen (secondary N) is 2. The molecular weight excluding hydrogens is 499 g/mol. The number of halogens is 1. The molecule has 1 heterocycles. The van der Waals surface area contributed by atoms with Gasteiger partial charge < -0.3 is 19.9 Å². The Morgan fingerprint density at radius 1 is 1.28 bits per heavy atom. The molecule has 0 amide bonds. The summed E-state index contributed by atoms with van der Waals surface area (Å²) in [5.41, 5.74) is 0. The van der Waals surface area contributed by atoms with Crippen molar-refractivity contribution in [2.24, 2.45) is 10.9 Å². The fourth-order valence-electron chi connectivity index (χ4n) is 2.65. The van der Waals surface area contributed by atoms with Crippen LogP contribution in [-0.4, -0.2) is 53.2 Å². The van der Waals surface area contributed by atoms with Crippen molar-refractivity contribution in [1.29, 1.82) is 0 Å². The Bertz CT molecular complexity index is 739. The Labute approximate surface area is 195 Å². The summed E-state index contributed by atoms with van der Waals surface area (Å²) < 4.78 is 7.49. The van der Waals surface area contributed by atoms with Crippen LogP contribution in [0.4, 0.5) is 0 Å². The number of nitrogens with zero attached hydrogens (tertiary/aromatic N) is 4. The van der Waals surface area contributed by atoms with Gasteiger partial charge in [-0.25, -0.2) is 0 Å². The van der Waals surface area contributed by atoms with E-state index in [0.717, 1.165) is 55.9 Å². The maximum Gasteiger partial charge on any atom is 0.191 e. The van der Waals surface area contributed by atoms with E-state index in [1.165, 1.54) is 4.90 Å². The van der Waals surface area contributed by atoms with E-state index in [1.807, 2.05) is 30.0 Å². The van der Waals surface area contributed by atoms with Crippen LogP contribution in [0.15, 0.2) is 40.5 Å². The molecule has 1 unspecified atom stereocenters. The molecule has 0 aliphatic carbocycles. The summed E-state index contributed by atoms with van der Waals surface area (Å²) in [5, 5.41) is 14.8. The fourth-order valence-corrected chi connectivity index (χ4v) is 3.68. The molecule has 162 valence electrons. The lowest BCUT2D eigenvalue weighted by Gasteiger charge is -2.14. The lowest BCUT2D eigenvalue weighted by atomic mass is 10.2. The fraction of sp³-hybridized carbons (Fsp3) is 0.550. The average molecular weight is 532 g/mol. The summed E-state index contributed by atoms with van der Waals surface area (Å²) in [6, 6.07) is 8.13. The van der Waals surface area contributed by atoms with Crippen LogP contribution >= 0.6 is 35.7 Å². The first-order valence-corrected chi connectivity index (χ1v) is 10.8. The molecule has 0 bridgehead atoms. The Morgan fingerprint density at radius 2 is 2.07 bits per heavy atom. The quantitative estimate of drug-likeness (QED) is 0.200. The van der Waals surface area contributed by atoms with Gasteiger partial charge in [-0.1, -0.05) is 26.0 Å². The van der Waals surface area contributed by atoms with E-state index >= 15 is 0 Å². The zero-order valence-electron chi connectivity index (χ0n) is 17.7. The lowest BCUT2D eigenvalue weighted by Crippen LogP contribution is -2.39. The minimum Gasteiger partial charge on any atom is -0.496 e. The highest BCUT2D eigenvalue weighted by Crippen LogP contribution is 2.29. The van der Waals surface area contributed by atoms with Gasteiger partial charge in [0, 0.05) is 43.2 Å². The van der Waals surface area contributed by atoms with Crippen LogP contribution in [0.3, 0.4) is 0 Å². The maximum absolute atomic E-state index is 5.42. The molecule has 7 nitrogen and oxygen atoms in total. The number of methoxy groups -OCH3 is 1. The van der Waals surface area contributed by atoms with Gasteiger partial charge in [0.25, 0.3) is 0 Å². The molecule has 2 N–H and O–H groups in total. The van der Waals surface area contributed by atoms with E-state index in [1.54, 1.807) is 13.4 Å². The van der Waals surface area contributed by atoms with E-state index in [2.05, 4.69) is 52.2 Å². The van der Waals surface area contributed by atoms with Crippen LogP contribution in [0.5, 0.6) is 5.75 Å². The van der Waals surface area contributed by atoms with Crippen molar-refractivity contribution in [2.45, 2.75) is 38.6 Å². The number of hydrogen-bond acceptors (Lipinski definition) is 5. The first-order chi connectivity index (χ1) is 13.7. The molecule has 9 heteroatoms. The monoisotopic (exact) mass is 532 g/mol. The Morgan fingerprint density at radius 3 is 2.79 bits per heavy atom. The number of benzene rings is 1. The number of aliphatic imine (C=N–C) groups is 1. The van der Waals surface area contributed by atoms with Crippen LogP contribution in [0.2, 0.25) is 0 Å². The predicted octanol–water partition coefficient (Wildman–Crippen LogP) is 3.45. The molecule has 1 aromatic heterocycles. The topological polar surface area (TPSA) is 76.4 Å². The SMILES string of the molecule is CCNC(=NCC(C)CSc1ccccc1OC)NCCn1cnnc1CC.I. The molecule has 0 saturated carbocycles. The summed E-state index contributed by atoms with van der Waals surface area (Å²) in [6.07, 6.45) is 2.66. The zero-order chi connectivity index (χ0) is 20.2. The van der Waals surface area contributed by atoms with Gasteiger partial charge >= 0.3 is 0 Å². The van der Waals surface area contributed by atoms with Gasteiger partial charge in [-0.3, -0.25) is 4.99 Å². The summed E-state index contributed by atoms with van der Waals surface area (Å²) >= 11 is 1.81. The summed E-state index contributed by atoms with van der Waals surface area (Å²) in [7, 11) is 1.71. The van der Waals surface area contributed by atoms with Gasteiger partial charge in [-0.2, -0.15) is 0 Å². The Hall–Kier alpha value is -1.49. The smallest absolute Gasteiger partial charge is 0.191 e. The molecule has 2 aromatic rings. The van der Waals surface area contributed by atoms with Gasteiger partial charge in [-0.05, 0) is 25.0 Å².